The van der Waals surface area contributed by atoms with Gasteiger partial charge in [0.1, 0.15) is 11.3 Å². The van der Waals surface area contributed by atoms with Crippen molar-refractivity contribution in [1.29, 1.82) is 0 Å². The lowest BCUT2D eigenvalue weighted by molar-refractivity contribution is -0.385. The third kappa shape index (κ3) is 4.35. The lowest BCUT2D eigenvalue weighted by atomic mass is 9.97. The summed E-state index contributed by atoms with van der Waals surface area (Å²) in [5.41, 5.74) is 2.42. The third-order valence-electron chi connectivity index (χ3n) is 6.27. The first-order valence-electron chi connectivity index (χ1n) is 11.5. The first kappa shape index (κ1) is 24.0. The van der Waals surface area contributed by atoms with Crippen molar-refractivity contribution in [3.8, 4) is 17.0 Å². The highest BCUT2D eigenvalue weighted by Gasteiger charge is 2.35. The molecule has 6 rings (SSSR count). The van der Waals surface area contributed by atoms with Crippen LogP contribution in [0.25, 0.3) is 22.2 Å². The number of nitro groups is 1. The van der Waals surface area contributed by atoms with Crippen LogP contribution in [0.3, 0.4) is 0 Å². The number of hydrogen-bond donors (Lipinski definition) is 1. The van der Waals surface area contributed by atoms with Gasteiger partial charge in [0.15, 0.2) is 0 Å². The molecule has 0 amide bonds. The summed E-state index contributed by atoms with van der Waals surface area (Å²) in [4.78, 5) is 28.6. The zero-order valence-electron chi connectivity index (χ0n) is 19.4. The number of fused-ring (bicyclic) bond motifs is 1. The van der Waals surface area contributed by atoms with Gasteiger partial charge in [0.2, 0.25) is 5.13 Å². The highest BCUT2D eigenvalue weighted by Crippen LogP contribution is 2.42. The number of nitrogens with zero attached hydrogens (tertiary/aromatic N) is 4. The van der Waals surface area contributed by atoms with Gasteiger partial charge in [-0.25, -0.2) is 14.8 Å². The molecule has 1 aliphatic rings. The van der Waals surface area contributed by atoms with Gasteiger partial charge in [-0.1, -0.05) is 46.3 Å². The van der Waals surface area contributed by atoms with Gasteiger partial charge in [-0.15, -0.1) is 11.3 Å². The topological polar surface area (TPSA) is 122 Å². The molecule has 0 spiro atoms. The van der Waals surface area contributed by atoms with Crippen LogP contribution in [-0.4, -0.2) is 20.7 Å². The number of phenolic OH excluding ortho intramolecular Hbond substituents is 1. The Labute approximate surface area is 227 Å². The number of hydrogen-bond acceptors (Lipinski definition) is 9. The first-order valence-corrected chi connectivity index (χ1v) is 13.1. The summed E-state index contributed by atoms with van der Waals surface area (Å²) in [7, 11) is 0. The SMILES string of the molecule is O=c1oc2ccccc2cc1C1=NN(c2nc(-c3ccc(Br)cc3)cs2)C(c2cc([N+](=O)[O-])ccc2O)C1. The number of anilines is 1. The molecule has 2 aromatic heterocycles. The standard InChI is InChI=1S/C27H17BrN4O5S/c28-17-7-5-15(6-8-17)22-14-38-27(29-22)31-23(20-12-18(32(35)36)9-10-24(20)33)13-21(30-31)19-11-16-3-1-2-4-25(16)37-26(19)34/h1-12,14,23,33H,13H2. The average molecular weight is 589 g/mol. The first-order chi connectivity index (χ1) is 18.4. The predicted molar refractivity (Wildman–Crippen MR) is 149 cm³/mol. The Morgan fingerprint density at radius 3 is 2.68 bits per heavy atom. The lowest BCUT2D eigenvalue weighted by Crippen LogP contribution is -2.19. The molecule has 1 unspecified atom stereocenters. The summed E-state index contributed by atoms with van der Waals surface area (Å²) < 4.78 is 6.47. The maximum absolute atomic E-state index is 12.9. The second-order valence-electron chi connectivity index (χ2n) is 8.62. The van der Waals surface area contributed by atoms with E-state index in [1.165, 1.54) is 29.5 Å². The maximum atomic E-state index is 12.9. The van der Waals surface area contributed by atoms with Crippen LogP contribution in [0.5, 0.6) is 5.75 Å². The predicted octanol–water partition coefficient (Wildman–Crippen LogP) is 6.65. The molecular weight excluding hydrogens is 572 g/mol. The van der Waals surface area contributed by atoms with E-state index < -0.39 is 16.6 Å². The molecule has 0 bridgehead atoms. The molecule has 0 saturated carbocycles. The Balaban J connectivity index is 1.47. The quantitative estimate of drug-likeness (QED) is 0.138. The summed E-state index contributed by atoms with van der Waals surface area (Å²) in [6.07, 6.45) is 0.199. The number of phenols is 1. The molecule has 0 aliphatic carbocycles. The van der Waals surface area contributed by atoms with Crippen molar-refractivity contribution in [1.82, 2.24) is 4.98 Å². The molecule has 3 aromatic carbocycles. The number of hydrazone groups is 1. The van der Waals surface area contributed by atoms with E-state index in [9.17, 15) is 20.0 Å². The second kappa shape index (κ2) is 9.51. The monoisotopic (exact) mass is 588 g/mol. The Morgan fingerprint density at radius 2 is 1.89 bits per heavy atom. The number of halogens is 1. The van der Waals surface area contributed by atoms with Crippen molar-refractivity contribution in [2.45, 2.75) is 12.5 Å². The Hall–Kier alpha value is -4.35. The van der Waals surface area contributed by atoms with Crippen LogP contribution in [-0.2, 0) is 0 Å². The minimum Gasteiger partial charge on any atom is -0.508 e. The molecule has 188 valence electrons. The van der Waals surface area contributed by atoms with E-state index in [0.29, 0.717) is 22.0 Å². The lowest BCUT2D eigenvalue weighted by Gasteiger charge is -2.21. The normalized spacial score (nSPS) is 15.1. The van der Waals surface area contributed by atoms with Gasteiger partial charge in [-0.3, -0.25) is 10.1 Å². The van der Waals surface area contributed by atoms with Crippen molar-refractivity contribution < 1.29 is 14.4 Å². The molecule has 1 atom stereocenters. The Bertz CT molecular complexity index is 1800. The summed E-state index contributed by atoms with van der Waals surface area (Å²) in [6.45, 7) is 0. The number of aromatic hydroxyl groups is 1. The van der Waals surface area contributed by atoms with E-state index in [2.05, 4.69) is 15.9 Å². The molecule has 11 heteroatoms. The van der Waals surface area contributed by atoms with Crippen molar-refractivity contribution in [3.05, 3.63) is 114 Å². The van der Waals surface area contributed by atoms with E-state index >= 15 is 0 Å². The molecule has 1 N–H and O–H groups in total. The van der Waals surface area contributed by atoms with Crippen LogP contribution in [0.4, 0.5) is 10.8 Å². The average Bonchev–Trinajstić information content (AvgIpc) is 3.57. The van der Waals surface area contributed by atoms with Gasteiger partial charge in [0.25, 0.3) is 5.69 Å². The van der Waals surface area contributed by atoms with E-state index in [1.54, 1.807) is 23.2 Å². The Morgan fingerprint density at radius 1 is 1.11 bits per heavy atom. The van der Waals surface area contributed by atoms with Crippen molar-refractivity contribution in [2.24, 2.45) is 5.10 Å². The number of non-ortho nitro benzene ring substituents is 1. The molecule has 3 heterocycles. The summed E-state index contributed by atoms with van der Waals surface area (Å²) in [5, 5.41) is 31.7. The van der Waals surface area contributed by atoms with Crippen LogP contribution in [0.1, 0.15) is 23.6 Å². The zero-order valence-corrected chi connectivity index (χ0v) is 21.8. The summed E-state index contributed by atoms with van der Waals surface area (Å²) in [6, 6.07) is 19.8. The second-order valence-corrected chi connectivity index (χ2v) is 10.4. The molecule has 38 heavy (non-hydrogen) atoms. The highest BCUT2D eigenvalue weighted by atomic mass is 79.9. The molecule has 0 saturated heterocycles. The molecule has 9 nitrogen and oxygen atoms in total. The van der Waals surface area contributed by atoms with Crippen LogP contribution >= 0.6 is 27.3 Å². The minimum atomic E-state index is -0.639. The fourth-order valence-electron chi connectivity index (χ4n) is 4.40. The number of thiazole rings is 1. The van der Waals surface area contributed by atoms with Gasteiger partial charge < -0.3 is 9.52 Å². The van der Waals surface area contributed by atoms with E-state index in [1.807, 2.05) is 41.8 Å². The van der Waals surface area contributed by atoms with E-state index in [-0.39, 0.29) is 23.4 Å². The van der Waals surface area contributed by atoms with Crippen LogP contribution in [0, 0.1) is 10.1 Å². The Kier molecular flexibility index (Phi) is 6.01. The molecule has 0 radical (unpaired) electrons. The zero-order chi connectivity index (χ0) is 26.4. The van der Waals surface area contributed by atoms with Crippen LogP contribution < -0.4 is 10.6 Å². The fraction of sp³-hybridized carbons (Fsp3) is 0.0741. The van der Waals surface area contributed by atoms with Gasteiger partial charge in [-0.2, -0.15) is 5.10 Å². The van der Waals surface area contributed by atoms with E-state index in [0.717, 1.165) is 21.1 Å². The van der Waals surface area contributed by atoms with Crippen LogP contribution in [0.15, 0.2) is 97.0 Å². The summed E-state index contributed by atoms with van der Waals surface area (Å²) >= 11 is 4.78. The number of para-hydroxylation sites is 1. The van der Waals surface area contributed by atoms with Crippen molar-refractivity contribution >= 4 is 54.8 Å². The van der Waals surface area contributed by atoms with Crippen LogP contribution in [0.2, 0.25) is 0 Å². The fourth-order valence-corrected chi connectivity index (χ4v) is 5.50. The van der Waals surface area contributed by atoms with Crippen molar-refractivity contribution in [2.75, 3.05) is 5.01 Å². The molecular formula is C27H17BrN4O5S. The molecule has 1 aliphatic heterocycles. The molecule has 5 aromatic rings. The van der Waals surface area contributed by atoms with Crippen molar-refractivity contribution in [3.63, 3.8) is 0 Å². The van der Waals surface area contributed by atoms with E-state index in [4.69, 9.17) is 14.5 Å². The third-order valence-corrected chi connectivity index (χ3v) is 7.63. The smallest absolute Gasteiger partial charge is 0.345 e. The largest absolute Gasteiger partial charge is 0.508 e. The highest BCUT2D eigenvalue weighted by molar-refractivity contribution is 9.10. The molecule has 0 fully saturated rings. The van der Waals surface area contributed by atoms with Gasteiger partial charge in [0, 0.05) is 44.9 Å². The number of benzene rings is 3. The number of aromatic nitrogens is 1. The number of nitro benzene ring substituents is 1. The number of rotatable bonds is 5. The van der Waals surface area contributed by atoms with Gasteiger partial charge in [0.05, 0.1) is 27.9 Å². The van der Waals surface area contributed by atoms with Gasteiger partial charge >= 0.3 is 5.63 Å². The minimum absolute atomic E-state index is 0.114. The summed E-state index contributed by atoms with van der Waals surface area (Å²) in [5.74, 6) is -0.114. The maximum Gasteiger partial charge on any atom is 0.345 e. The van der Waals surface area contributed by atoms with Gasteiger partial charge in [-0.05, 0) is 30.3 Å².